The molecule has 0 unspecified atom stereocenters. The van der Waals surface area contributed by atoms with Crippen LogP contribution in [0, 0.1) is 0 Å². The van der Waals surface area contributed by atoms with Gasteiger partial charge in [0.2, 0.25) is 10.0 Å². The summed E-state index contributed by atoms with van der Waals surface area (Å²) in [6.45, 7) is 3.91. The Balaban J connectivity index is 1.89. The Bertz CT molecular complexity index is 780. The van der Waals surface area contributed by atoms with E-state index in [2.05, 4.69) is 21.9 Å². The molecule has 1 aliphatic heterocycles. The van der Waals surface area contributed by atoms with Crippen LogP contribution in [0.4, 0.5) is 5.69 Å². The summed E-state index contributed by atoms with van der Waals surface area (Å²) in [4.78, 5) is 2.59. The molecule has 3 rings (SSSR count). The lowest BCUT2D eigenvalue weighted by Gasteiger charge is -2.19. The second kappa shape index (κ2) is 5.78. The summed E-state index contributed by atoms with van der Waals surface area (Å²) in [5, 5.41) is 0. The van der Waals surface area contributed by atoms with Gasteiger partial charge in [-0.05, 0) is 35.7 Å². The topological polar surface area (TPSA) is 54.3 Å². The van der Waals surface area contributed by atoms with Crippen molar-refractivity contribution in [2.75, 3.05) is 18.0 Å². The summed E-state index contributed by atoms with van der Waals surface area (Å²) in [6.07, 6.45) is 5.08. The Kier molecular flexibility index (Phi) is 3.97. The fraction of sp³-hybridized carbons (Fsp3) is 0.375. The van der Waals surface area contributed by atoms with Crippen LogP contribution in [0.25, 0.3) is 0 Å². The molecule has 1 N–H and O–H groups in total. The van der Waals surface area contributed by atoms with Crippen LogP contribution in [0.2, 0.25) is 0 Å². The van der Waals surface area contributed by atoms with Crippen LogP contribution in [0.1, 0.15) is 18.1 Å². The van der Waals surface area contributed by atoms with Gasteiger partial charge in [-0.3, -0.25) is 0 Å². The Morgan fingerprint density at radius 1 is 1.27 bits per heavy atom. The summed E-state index contributed by atoms with van der Waals surface area (Å²) in [7, 11) is -1.40. The number of sulfonamides is 1. The zero-order valence-corrected chi connectivity index (χ0v) is 13.7. The minimum absolute atomic E-state index is 0.341. The number of benzene rings is 1. The molecule has 1 aromatic heterocycles. The van der Waals surface area contributed by atoms with Crippen LogP contribution in [0.15, 0.2) is 41.6 Å². The predicted molar refractivity (Wildman–Crippen MR) is 87.5 cm³/mol. The first-order valence-corrected chi connectivity index (χ1v) is 8.96. The van der Waals surface area contributed by atoms with Gasteiger partial charge in [0.25, 0.3) is 0 Å². The molecule has 0 spiro atoms. The van der Waals surface area contributed by atoms with Crippen molar-refractivity contribution in [1.29, 1.82) is 0 Å². The highest BCUT2D eigenvalue weighted by molar-refractivity contribution is 7.89. The summed E-state index contributed by atoms with van der Waals surface area (Å²) >= 11 is 0. The summed E-state index contributed by atoms with van der Waals surface area (Å²) in [5.41, 5.74) is 3.48. The van der Waals surface area contributed by atoms with Gasteiger partial charge in [-0.1, -0.05) is 13.0 Å². The van der Waals surface area contributed by atoms with E-state index in [1.54, 1.807) is 19.1 Å². The van der Waals surface area contributed by atoms with Crippen molar-refractivity contribution in [3.05, 3.63) is 47.8 Å². The molecular weight excluding hydrogens is 298 g/mol. The van der Waals surface area contributed by atoms with E-state index >= 15 is 0 Å². The number of anilines is 1. The summed E-state index contributed by atoms with van der Waals surface area (Å²) in [5.74, 6) is 0. The average molecular weight is 319 g/mol. The lowest BCUT2D eigenvalue weighted by molar-refractivity contribution is 0.584. The average Bonchev–Trinajstić information content (AvgIpc) is 3.06. The second-order valence-electron chi connectivity index (χ2n) is 5.65. The van der Waals surface area contributed by atoms with Crippen molar-refractivity contribution in [1.82, 2.24) is 9.29 Å². The molecule has 118 valence electrons. The van der Waals surface area contributed by atoms with Gasteiger partial charge >= 0.3 is 0 Å². The molecule has 0 atom stereocenters. The molecule has 5 nitrogen and oxygen atoms in total. The minimum Gasteiger partial charge on any atom is -0.367 e. The summed E-state index contributed by atoms with van der Waals surface area (Å²) in [6, 6.07) is 7.52. The van der Waals surface area contributed by atoms with Gasteiger partial charge in [-0.25, -0.2) is 13.1 Å². The van der Waals surface area contributed by atoms with Gasteiger partial charge in [-0.2, -0.15) is 0 Å². The Morgan fingerprint density at radius 3 is 2.77 bits per heavy atom. The first-order chi connectivity index (χ1) is 10.5. The monoisotopic (exact) mass is 319 g/mol. The van der Waals surface area contributed by atoms with E-state index in [1.165, 1.54) is 11.1 Å². The number of hydrogen-bond acceptors (Lipinski definition) is 3. The maximum Gasteiger partial charge on any atom is 0.240 e. The number of aryl methyl sites for hydroxylation is 1. The molecule has 0 amide bonds. The van der Waals surface area contributed by atoms with Crippen molar-refractivity contribution in [2.45, 2.75) is 24.8 Å². The highest BCUT2D eigenvalue weighted by Crippen LogP contribution is 2.31. The maximum atomic E-state index is 12.2. The van der Waals surface area contributed by atoms with E-state index in [4.69, 9.17) is 0 Å². The molecule has 2 aromatic rings. The largest absolute Gasteiger partial charge is 0.367 e. The fourth-order valence-electron chi connectivity index (χ4n) is 2.90. The second-order valence-corrected chi connectivity index (χ2v) is 7.42. The van der Waals surface area contributed by atoms with Gasteiger partial charge < -0.3 is 9.47 Å². The predicted octanol–water partition coefficient (Wildman–Crippen LogP) is 1.89. The third kappa shape index (κ3) is 2.89. The quantitative estimate of drug-likeness (QED) is 0.915. The molecule has 2 heterocycles. The van der Waals surface area contributed by atoms with E-state index in [-0.39, 0.29) is 0 Å². The normalized spacial score (nSPS) is 14.4. The molecular formula is C16H21N3O2S. The van der Waals surface area contributed by atoms with Gasteiger partial charge in [0, 0.05) is 44.8 Å². The molecule has 0 fully saturated rings. The van der Waals surface area contributed by atoms with Crippen LogP contribution < -0.4 is 9.62 Å². The van der Waals surface area contributed by atoms with Gasteiger partial charge in [0.1, 0.15) is 0 Å². The number of nitrogens with zero attached hydrogens (tertiary/aromatic N) is 2. The van der Waals surface area contributed by atoms with Crippen LogP contribution in [-0.4, -0.2) is 26.1 Å². The zero-order chi connectivity index (χ0) is 15.7. The molecule has 0 saturated heterocycles. The van der Waals surface area contributed by atoms with Gasteiger partial charge in [-0.15, -0.1) is 0 Å². The Labute approximate surface area is 131 Å². The van der Waals surface area contributed by atoms with Crippen molar-refractivity contribution in [2.24, 2.45) is 7.05 Å². The summed E-state index contributed by atoms with van der Waals surface area (Å²) < 4.78 is 28.9. The van der Waals surface area contributed by atoms with Gasteiger partial charge in [0.05, 0.1) is 4.90 Å². The Morgan fingerprint density at radius 2 is 2.09 bits per heavy atom. The van der Waals surface area contributed by atoms with Crippen molar-refractivity contribution in [3.63, 3.8) is 0 Å². The van der Waals surface area contributed by atoms with Crippen molar-refractivity contribution < 1.29 is 8.42 Å². The molecule has 0 saturated carbocycles. The number of rotatable bonds is 5. The van der Waals surface area contributed by atoms with Crippen LogP contribution in [0.5, 0.6) is 0 Å². The third-order valence-electron chi connectivity index (χ3n) is 3.96. The minimum atomic E-state index is -3.40. The molecule has 0 radical (unpaired) electrons. The number of hydrogen-bond donors (Lipinski definition) is 1. The number of nitrogens with one attached hydrogen (secondary N) is 1. The highest BCUT2D eigenvalue weighted by atomic mass is 32.2. The highest BCUT2D eigenvalue weighted by Gasteiger charge is 2.22. The van der Waals surface area contributed by atoms with Crippen molar-refractivity contribution in [3.8, 4) is 0 Å². The SMILES string of the molecule is CCNS(=O)(=O)c1ccc2c(c1)N(Cc1ccn(C)c1)CC2. The first kappa shape index (κ1) is 15.1. The third-order valence-corrected chi connectivity index (χ3v) is 5.50. The van der Waals surface area contributed by atoms with E-state index in [0.717, 1.165) is 25.2 Å². The van der Waals surface area contributed by atoms with E-state index in [9.17, 15) is 8.42 Å². The molecule has 1 aliphatic rings. The van der Waals surface area contributed by atoms with E-state index in [0.29, 0.717) is 11.4 Å². The molecule has 0 bridgehead atoms. The lowest BCUT2D eigenvalue weighted by Crippen LogP contribution is -2.24. The standard InChI is InChI=1S/C16H21N3O2S/c1-3-17-22(20,21)15-5-4-14-7-9-19(16(14)10-15)12-13-6-8-18(2)11-13/h4-6,8,10-11,17H,3,7,9,12H2,1-2H3. The first-order valence-electron chi connectivity index (χ1n) is 7.48. The van der Waals surface area contributed by atoms with E-state index in [1.807, 2.05) is 23.9 Å². The van der Waals surface area contributed by atoms with Crippen LogP contribution in [-0.2, 0) is 30.0 Å². The van der Waals surface area contributed by atoms with Crippen molar-refractivity contribution >= 4 is 15.7 Å². The van der Waals surface area contributed by atoms with Crippen LogP contribution >= 0.6 is 0 Å². The zero-order valence-electron chi connectivity index (χ0n) is 12.9. The molecule has 1 aromatic carbocycles. The number of fused-ring (bicyclic) bond motifs is 1. The molecule has 6 heteroatoms. The fourth-order valence-corrected chi connectivity index (χ4v) is 3.97. The lowest BCUT2D eigenvalue weighted by atomic mass is 10.2. The van der Waals surface area contributed by atoms with Crippen LogP contribution in [0.3, 0.4) is 0 Å². The van der Waals surface area contributed by atoms with Gasteiger partial charge in [0.15, 0.2) is 0 Å². The molecule has 22 heavy (non-hydrogen) atoms. The smallest absolute Gasteiger partial charge is 0.240 e. The van der Waals surface area contributed by atoms with E-state index < -0.39 is 10.0 Å². The Hall–Kier alpha value is -1.79. The molecule has 0 aliphatic carbocycles. The number of aromatic nitrogens is 1. The maximum absolute atomic E-state index is 12.2.